The Morgan fingerprint density at radius 1 is 0.524 bits per heavy atom. The van der Waals surface area contributed by atoms with Crippen molar-refractivity contribution in [2.75, 3.05) is 108 Å². The highest BCUT2D eigenvalue weighted by atomic mass is 16.5. The van der Waals surface area contributed by atoms with Gasteiger partial charge >= 0.3 is 5.97 Å². The third-order valence-corrected chi connectivity index (χ3v) is 18.9. The molecule has 84 heavy (non-hydrogen) atoms. The number of aromatic nitrogens is 1. The van der Waals surface area contributed by atoms with E-state index in [1.165, 1.54) is 33.6 Å². The number of hydrogen-bond acceptors (Lipinski definition) is 13. The molecule has 6 aliphatic heterocycles. The number of nitrogens with one attached hydrogen (secondary N) is 2. The molecule has 0 spiro atoms. The van der Waals surface area contributed by atoms with Gasteiger partial charge in [-0.3, -0.25) is 9.59 Å². The zero-order valence-electron chi connectivity index (χ0n) is 51.3. The molecule has 16 heteroatoms. The van der Waals surface area contributed by atoms with Crippen LogP contribution in [0.3, 0.4) is 0 Å². The lowest BCUT2D eigenvalue weighted by atomic mass is 9.99. The number of amides is 1. The van der Waals surface area contributed by atoms with Gasteiger partial charge in [0, 0.05) is 187 Å². The molecule has 4 saturated heterocycles. The zero-order chi connectivity index (χ0) is 59.0. The highest BCUT2D eigenvalue weighted by Gasteiger charge is 2.32. The number of hydrogen-bond donors (Lipinski definition) is 3. The number of aromatic amines is 1. The second-order valence-electron chi connectivity index (χ2n) is 23.8. The van der Waals surface area contributed by atoms with Crippen molar-refractivity contribution in [1.29, 1.82) is 0 Å². The van der Waals surface area contributed by atoms with Crippen LogP contribution in [0.2, 0.25) is 0 Å². The Labute approximate surface area is 498 Å². The topological polar surface area (TPSA) is 156 Å². The minimum Gasteiger partial charge on any atom is -0.478 e. The van der Waals surface area contributed by atoms with E-state index in [-0.39, 0.29) is 18.0 Å². The molecule has 4 fully saturated rings. The summed E-state index contributed by atoms with van der Waals surface area (Å²) < 4.78 is 22.5. The molecule has 5 aromatic rings. The predicted molar refractivity (Wildman–Crippen MR) is 337 cm³/mol. The highest BCUT2D eigenvalue weighted by Crippen LogP contribution is 2.40. The average molecular weight is 1150 g/mol. The Kier molecular flexibility index (Phi) is 19.9. The number of carbonyl (C=O) groups excluding carboxylic acids is 1. The molecule has 11 rings (SSSR count). The highest BCUT2D eigenvalue weighted by molar-refractivity contribution is 5.98. The van der Waals surface area contributed by atoms with Gasteiger partial charge in [-0.25, -0.2) is 4.79 Å². The number of fused-ring (bicyclic) bond motifs is 2. The molecule has 1 aromatic heterocycles. The van der Waals surface area contributed by atoms with Crippen LogP contribution in [0, 0.1) is 27.7 Å². The Balaban J connectivity index is 0.000000193. The molecule has 452 valence electrons. The lowest BCUT2D eigenvalue weighted by Crippen LogP contribution is -2.40. The van der Waals surface area contributed by atoms with E-state index in [9.17, 15) is 19.5 Å². The quantitative estimate of drug-likeness (QED) is 0.0762. The summed E-state index contributed by atoms with van der Waals surface area (Å²) in [5.41, 5.74) is 17.0. The first kappa shape index (κ1) is 60.5. The maximum atomic E-state index is 14.0. The number of rotatable bonds is 18. The van der Waals surface area contributed by atoms with Crippen LogP contribution in [0.5, 0.6) is 0 Å². The number of benzene rings is 4. The van der Waals surface area contributed by atoms with Gasteiger partial charge in [0.1, 0.15) is 0 Å². The van der Waals surface area contributed by atoms with Crippen LogP contribution in [0.4, 0.5) is 34.1 Å². The van der Waals surface area contributed by atoms with E-state index < -0.39 is 5.97 Å². The van der Waals surface area contributed by atoms with Gasteiger partial charge in [0.25, 0.3) is 11.5 Å². The summed E-state index contributed by atoms with van der Waals surface area (Å²) in [6.45, 7) is 30.0. The summed E-state index contributed by atoms with van der Waals surface area (Å²) in [6.07, 6.45) is 8.14. The first-order valence-corrected chi connectivity index (χ1v) is 31.4. The van der Waals surface area contributed by atoms with E-state index in [2.05, 4.69) is 123 Å². The number of aryl methyl sites for hydroxylation is 2. The van der Waals surface area contributed by atoms with Gasteiger partial charge in [0.2, 0.25) is 0 Å². The van der Waals surface area contributed by atoms with E-state index in [1.54, 1.807) is 0 Å². The molecule has 4 aromatic carbocycles. The molecule has 3 N–H and O–H groups in total. The number of carboxylic acid groups (broad SMARTS) is 1. The molecule has 0 radical (unpaired) electrons. The summed E-state index contributed by atoms with van der Waals surface area (Å²) in [4.78, 5) is 56.4. The Morgan fingerprint density at radius 2 is 0.905 bits per heavy atom. The third kappa shape index (κ3) is 13.4. The van der Waals surface area contributed by atoms with Crippen molar-refractivity contribution in [3.63, 3.8) is 0 Å². The zero-order valence-corrected chi connectivity index (χ0v) is 51.3. The number of ether oxygens (including phenoxy) is 4. The first-order chi connectivity index (χ1) is 40.8. The summed E-state index contributed by atoms with van der Waals surface area (Å²) in [5, 5.41) is 13.2. The predicted octanol–water partition coefficient (Wildman–Crippen LogP) is 11.0. The average Bonchev–Trinajstić information content (AvgIpc) is 4.26. The minimum atomic E-state index is -0.863. The van der Waals surface area contributed by atoms with Gasteiger partial charge < -0.3 is 63.8 Å². The molecule has 1 amide bonds. The molecule has 0 aliphatic carbocycles. The maximum Gasteiger partial charge on any atom is 0.336 e. The van der Waals surface area contributed by atoms with E-state index in [0.717, 1.165) is 202 Å². The van der Waals surface area contributed by atoms with Crippen LogP contribution < -0.4 is 40.3 Å². The van der Waals surface area contributed by atoms with E-state index in [1.807, 2.05) is 39.0 Å². The fraction of sp³-hybridized carbons (Fsp3) is 0.544. The van der Waals surface area contributed by atoms with Crippen LogP contribution in [-0.4, -0.2) is 125 Å². The molecular formula is C68H92N8O8. The van der Waals surface area contributed by atoms with Gasteiger partial charge in [-0.2, -0.15) is 0 Å². The van der Waals surface area contributed by atoms with Gasteiger partial charge in [-0.1, -0.05) is 12.1 Å². The van der Waals surface area contributed by atoms with E-state index in [0.29, 0.717) is 40.9 Å². The van der Waals surface area contributed by atoms with Crippen molar-refractivity contribution in [2.45, 2.75) is 164 Å². The number of aromatic carboxylic acids is 1. The van der Waals surface area contributed by atoms with Crippen molar-refractivity contribution in [3.8, 4) is 0 Å². The Bertz CT molecular complexity index is 3160. The van der Waals surface area contributed by atoms with Gasteiger partial charge in [0.05, 0.1) is 5.56 Å². The number of nitrogens with zero attached hydrogens (tertiary/aromatic N) is 6. The largest absolute Gasteiger partial charge is 0.478 e. The fourth-order valence-corrected chi connectivity index (χ4v) is 14.2. The third-order valence-electron chi connectivity index (χ3n) is 18.9. The van der Waals surface area contributed by atoms with Crippen molar-refractivity contribution in [1.82, 2.24) is 10.3 Å². The van der Waals surface area contributed by atoms with Gasteiger partial charge in [-0.05, 0) is 200 Å². The van der Waals surface area contributed by atoms with Crippen LogP contribution in [-0.2, 0) is 51.7 Å². The Morgan fingerprint density at radius 3 is 1.30 bits per heavy atom. The summed E-state index contributed by atoms with van der Waals surface area (Å²) in [5.74, 6) is -1.03. The van der Waals surface area contributed by atoms with Crippen molar-refractivity contribution in [2.24, 2.45) is 0 Å². The maximum absolute atomic E-state index is 14.0. The van der Waals surface area contributed by atoms with Crippen LogP contribution >= 0.6 is 0 Å². The van der Waals surface area contributed by atoms with Crippen molar-refractivity contribution >= 4 is 46.0 Å². The molecule has 0 unspecified atom stereocenters. The van der Waals surface area contributed by atoms with E-state index in [4.69, 9.17) is 18.9 Å². The molecule has 0 saturated carbocycles. The normalized spacial score (nSPS) is 17.8. The molecular weight excluding hydrogens is 1060 g/mol. The summed E-state index contributed by atoms with van der Waals surface area (Å²) in [6, 6.07) is 25.9. The van der Waals surface area contributed by atoms with Crippen molar-refractivity contribution in [3.05, 3.63) is 138 Å². The summed E-state index contributed by atoms with van der Waals surface area (Å²) in [7, 11) is 0. The molecule has 7 heterocycles. The van der Waals surface area contributed by atoms with Crippen LogP contribution in [0.15, 0.2) is 71.5 Å². The second kappa shape index (κ2) is 27.6. The van der Waals surface area contributed by atoms with Gasteiger partial charge in [-0.15, -0.1) is 0 Å². The van der Waals surface area contributed by atoms with Crippen LogP contribution in [0.1, 0.15) is 150 Å². The summed E-state index contributed by atoms with van der Waals surface area (Å²) >= 11 is 0. The minimum absolute atomic E-state index is 0.154. The lowest BCUT2D eigenvalue weighted by molar-refractivity contribution is 0.0695. The van der Waals surface area contributed by atoms with Crippen molar-refractivity contribution < 1.29 is 33.6 Å². The van der Waals surface area contributed by atoms with Gasteiger partial charge in [0.15, 0.2) is 0 Å². The smallest absolute Gasteiger partial charge is 0.336 e. The molecule has 16 nitrogen and oxygen atoms in total. The molecule has 0 atom stereocenters. The number of pyridine rings is 1. The number of carboxylic acids is 1. The number of anilines is 6. The Hall–Kier alpha value is -6.59. The second-order valence-corrected chi connectivity index (χ2v) is 23.8. The van der Waals surface area contributed by atoms with Crippen LogP contribution in [0.25, 0.3) is 0 Å². The monoisotopic (exact) mass is 1150 g/mol. The lowest BCUT2D eigenvalue weighted by Gasteiger charge is -2.37. The first-order valence-electron chi connectivity index (χ1n) is 31.4. The molecule has 0 bridgehead atoms. The van der Waals surface area contributed by atoms with E-state index >= 15 is 0 Å². The fourth-order valence-electron chi connectivity index (χ4n) is 14.2. The standard InChI is InChI=1S/C38H51N5O4.C30H41N3O4/c1-6-42(30-10-14-46-15-11-30)32-9-8-28-23-41(24-29(28)19-32)33-20-34(37(44)39-22-35-25(3)18-26(4)40-38(35)45)27(5)36(21-33)43(7-2)31-12-16-47-17-13-31;1-4-32(24-8-12-36-13-9-24)26-7-6-22-19-31(20-23(22)16-26)27-17-28(30(34)35)21(3)29(18-27)33(5-2)25-10-14-37-15-11-25/h8-9,18-21,30-31H,6-7,10-17,22-24H2,1-5H3,(H,39,44)(H,40,45);6-7,16-18,24-25H,4-5,8-15,19-20H2,1-3H3,(H,34,35). The number of carbonyl (C=O) groups is 2. The molecule has 6 aliphatic rings. The number of H-pyrrole nitrogens is 1. The SMILES string of the molecule is CCN(c1ccc2c(c1)CN(c1cc(C(=O)NCc3c(C)cc(C)[nH]c3=O)c(C)c(N(CC)C3CCOCC3)c1)C2)C1CCOCC1.CCN(c1ccc2c(c1)CN(c1cc(C(=O)O)c(C)c(N(CC)C3CCOCC3)c1)C2)C1CCOCC1.